The van der Waals surface area contributed by atoms with Crippen LogP contribution >= 0.6 is 0 Å². The monoisotopic (exact) mass is 523 g/mol. The molecule has 2 aromatic carbocycles. The van der Waals surface area contributed by atoms with E-state index in [9.17, 15) is 14.9 Å². The fourth-order valence-corrected chi connectivity index (χ4v) is 4.93. The summed E-state index contributed by atoms with van der Waals surface area (Å²) in [5.74, 6) is 1.24. The van der Waals surface area contributed by atoms with Crippen molar-refractivity contribution in [2.75, 3.05) is 18.8 Å². The summed E-state index contributed by atoms with van der Waals surface area (Å²) in [5.41, 5.74) is 7.43. The zero-order chi connectivity index (χ0) is 27.5. The van der Waals surface area contributed by atoms with Crippen LogP contribution in [0.25, 0.3) is 16.9 Å². The molecule has 5 rings (SSSR count). The second-order valence-electron chi connectivity index (χ2n) is 9.81. The number of aromatic nitrogens is 4. The van der Waals surface area contributed by atoms with Crippen LogP contribution in [-0.2, 0) is 4.79 Å². The number of ether oxygens (including phenoxy) is 1. The first-order valence-electron chi connectivity index (χ1n) is 12.8. The van der Waals surface area contributed by atoms with Crippen molar-refractivity contribution in [2.24, 2.45) is 5.92 Å². The summed E-state index contributed by atoms with van der Waals surface area (Å²) in [6, 6.07) is 18.2. The number of amides is 1. The quantitative estimate of drug-likeness (QED) is 0.295. The lowest BCUT2D eigenvalue weighted by Crippen LogP contribution is -2.43. The molecule has 1 amide bonds. The number of rotatable bonds is 6. The molecule has 2 N–H and O–H groups in total. The molecule has 0 radical (unpaired) electrons. The minimum atomic E-state index is -0.340. The summed E-state index contributed by atoms with van der Waals surface area (Å²) < 4.78 is 8.98. The number of nitrogen functional groups attached to an aromatic ring is 1. The Morgan fingerprint density at radius 1 is 1.13 bits per heavy atom. The summed E-state index contributed by atoms with van der Waals surface area (Å²) in [6.45, 7) is 4.63. The zero-order valence-electron chi connectivity index (χ0n) is 21.8. The first-order chi connectivity index (χ1) is 18.9. The number of fused-ring (bicyclic) bond motifs is 1. The summed E-state index contributed by atoms with van der Waals surface area (Å²) in [7, 11) is 0. The topological polar surface area (TPSA) is 132 Å². The van der Waals surface area contributed by atoms with Crippen LogP contribution in [0.5, 0.6) is 11.5 Å². The lowest BCUT2D eigenvalue weighted by atomic mass is 10.0. The molecule has 1 saturated heterocycles. The predicted molar refractivity (Wildman–Crippen MR) is 147 cm³/mol. The SMILES string of the molecule is CC(C)C=C(C#N)C(=O)N1CCCC(n2c(=O)n(-c3ccc(Oc4ccccc4)cc3)c3c(N)ncnc32)C1. The molecule has 0 bridgehead atoms. The van der Waals surface area contributed by atoms with E-state index in [4.69, 9.17) is 10.5 Å². The van der Waals surface area contributed by atoms with Gasteiger partial charge in [-0.05, 0) is 55.2 Å². The van der Waals surface area contributed by atoms with Gasteiger partial charge in [-0.1, -0.05) is 38.1 Å². The number of nitriles is 1. The fourth-order valence-electron chi connectivity index (χ4n) is 4.93. The predicted octanol–water partition coefficient (Wildman–Crippen LogP) is 4.23. The Bertz CT molecular complexity index is 1630. The third-order valence-electron chi connectivity index (χ3n) is 6.65. The molecule has 3 heterocycles. The van der Waals surface area contributed by atoms with Gasteiger partial charge in [0, 0.05) is 13.1 Å². The minimum absolute atomic E-state index is 0.0638. The number of carbonyl (C=O) groups excluding carboxylic acids is 1. The fraction of sp³-hybridized carbons (Fsp3) is 0.276. The molecule has 1 aliphatic heterocycles. The number of nitrogens with zero attached hydrogens (tertiary/aromatic N) is 6. The number of allylic oxidation sites excluding steroid dienone is 1. The van der Waals surface area contributed by atoms with Crippen LogP contribution in [0, 0.1) is 17.2 Å². The standard InChI is InChI=1S/C29H29N7O3/c1-19(2)15-20(16-30)28(37)34-14-6-7-22(17-34)36-27-25(26(31)32-18-33-27)35(29(36)38)21-10-12-24(13-11-21)39-23-8-4-3-5-9-23/h3-5,8-13,15,18-19,22H,6-7,14,17H2,1-2H3,(H2,31,32,33). The van der Waals surface area contributed by atoms with Crippen LogP contribution in [0.15, 0.2) is 77.4 Å². The number of piperidine rings is 1. The second kappa shape index (κ2) is 10.8. The number of para-hydroxylation sites is 1. The molecule has 198 valence electrons. The Labute approximate surface area is 225 Å². The third-order valence-corrected chi connectivity index (χ3v) is 6.65. The maximum absolute atomic E-state index is 13.9. The van der Waals surface area contributed by atoms with Crippen LogP contribution in [0.1, 0.15) is 32.7 Å². The lowest BCUT2D eigenvalue weighted by Gasteiger charge is -2.33. The Morgan fingerprint density at radius 3 is 2.54 bits per heavy atom. The average molecular weight is 524 g/mol. The van der Waals surface area contributed by atoms with E-state index >= 15 is 0 Å². The van der Waals surface area contributed by atoms with Gasteiger partial charge in [0.2, 0.25) is 0 Å². The molecular formula is C29H29N7O3. The molecule has 1 fully saturated rings. The van der Waals surface area contributed by atoms with Gasteiger partial charge < -0.3 is 15.4 Å². The molecule has 10 nitrogen and oxygen atoms in total. The van der Waals surface area contributed by atoms with Crippen LogP contribution < -0.4 is 16.2 Å². The number of benzene rings is 2. The van der Waals surface area contributed by atoms with E-state index < -0.39 is 0 Å². The van der Waals surface area contributed by atoms with Crippen molar-refractivity contribution < 1.29 is 9.53 Å². The van der Waals surface area contributed by atoms with E-state index in [-0.39, 0.29) is 41.5 Å². The van der Waals surface area contributed by atoms with E-state index in [0.29, 0.717) is 47.7 Å². The maximum atomic E-state index is 13.9. The number of nitrogens with two attached hydrogens (primary N) is 1. The molecule has 1 atom stereocenters. The van der Waals surface area contributed by atoms with Crippen molar-refractivity contribution in [3.63, 3.8) is 0 Å². The third kappa shape index (κ3) is 5.11. The highest BCUT2D eigenvalue weighted by Gasteiger charge is 2.31. The average Bonchev–Trinajstić information content (AvgIpc) is 3.25. The summed E-state index contributed by atoms with van der Waals surface area (Å²) in [4.78, 5) is 37.2. The summed E-state index contributed by atoms with van der Waals surface area (Å²) in [6.07, 6.45) is 4.36. The van der Waals surface area contributed by atoms with Crippen molar-refractivity contribution in [3.8, 4) is 23.3 Å². The van der Waals surface area contributed by atoms with Gasteiger partial charge >= 0.3 is 5.69 Å². The van der Waals surface area contributed by atoms with Crippen LogP contribution in [0.4, 0.5) is 5.82 Å². The normalized spacial score (nSPS) is 15.9. The van der Waals surface area contributed by atoms with Crippen LogP contribution in [0.2, 0.25) is 0 Å². The molecule has 0 saturated carbocycles. The molecule has 4 aromatic rings. The molecule has 1 aliphatic rings. The van der Waals surface area contributed by atoms with E-state index in [1.807, 2.05) is 50.2 Å². The van der Waals surface area contributed by atoms with Crippen molar-refractivity contribution >= 4 is 22.9 Å². The maximum Gasteiger partial charge on any atom is 0.335 e. The van der Waals surface area contributed by atoms with E-state index in [2.05, 4.69) is 9.97 Å². The van der Waals surface area contributed by atoms with Crippen molar-refractivity contribution in [1.29, 1.82) is 5.26 Å². The molecule has 1 unspecified atom stereocenters. The van der Waals surface area contributed by atoms with E-state index in [1.165, 1.54) is 10.9 Å². The number of anilines is 1. The first-order valence-corrected chi connectivity index (χ1v) is 12.8. The number of imidazole rings is 1. The van der Waals surface area contributed by atoms with Gasteiger partial charge in [0.15, 0.2) is 11.5 Å². The number of likely N-dealkylation sites (tertiary alicyclic amines) is 1. The second-order valence-corrected chi connectivity index (χ2v) is 9.81. The summed E-state index contributed by atoms with van der Waals surface area (Å²) in [5, 5.41) is 9.54. The highest BCUT2D eigenvalue weighted by molar-refractivity contribution is 5.97. The summed E-state index contributed by atoms with van der Waals surface area (Å²) >= 11 is 0. The van der Waals surface area contributed by atoms with Gasteiger partial charge in [-0.3, -0.25) is 13.9 Å². The van der Waals surface area contributed by atoms with Gasteiger partial charge in [-0.15, -0.1) is 0 Å². The van der Waals surface area contributed by atoms with Crippen LogP contribution in [-0.4, -0.2) is 43.0 Å². The minimum Gasteiger partial charge on any atom is -0.457 e. The highest BCUT2D eigenvalue weighted by atomic mass is 16.5. The smallest absolute Gasteiger partial charge is 0.335 e. The zero-order valence-corrected chi connectivity index (χ0v) is 21.8. The largest absolute Gasteiger partial charge is 0.457 e. The molecular weight excluding hydrogens is 494 g/mol. The van der Waals surface area contributed by atoms with Crippen molar-refractivity contribution in [2.45, 2.75) is 32.7 Å². The number of hydrogen-bond donors (Lipinski definition) is 1. The van der Waals surface area contributed by atoms with Crippen LogP contribution in [0.3, 0.4) is 0 Å². The molecule has 0 spiro atoms. The Kier molecular flexibility index (Phi) is 7.14. The van der Waals surface area contributed by atoms with E-state index in [1.54, 1.807) is 39.8 Å². The number of carbonyl (C=O) groups is 1. The molecule has 39 heavy (non-hydrogen) atoms. The number of hydrogen-bond acceptors (Lipinski definition) is 7. The Balaban J connectivity index is 1.51. The lowest BCUT2D eigenvalue weighted by molar-refractivity contribution is -0.128. The van der Waals surface area contributed by atoms with Crippen molar-refractivity contribution in [3.05, 3.63) is 83.1 Å². The van der Waals surface area contributed by atoms with Crippen molar-refractivity contribution in [1.82, 2.24) is 24.0 Å². The van der Waals surface area contributed by atoms with Gasteiger partial charge in [0.05, 0.1) is 11.7 Å². The van der Waals surface area contributed by atoms with Gasteiger partial charge in [0.1, 0.15) is 35.0 Å². The highest BCUT2D eigenvalue weighted by Crippen LogP contribution is 2.29. The van der Waals surface area contributed by atoms with E-state index in [0.717, 1.165) is 0 Å². The van der Waals surface area contributed by atoms with Gasteiger partial charge in [0.25, 0.3) is 5.91 Å². The molecule has 10 heteroatoms. The van der Waals surface area contributed by atoms with Gasteiger partial charge in [-0.25, -0.2) is 14.8 Å². The van der Waals surface area contributed by atoms with Gasteiger partial charge in [-0.2, -0.15) is 5.26 Å². The Morgan fingerprint density at radius 2 is 1.85 bits per heavy atom. The molecule has 0 aliphatic carbocycles. The molecule has 2 aromatic heterocycles. The Hall–Kier alpha value is -4.91. The first kappa shape index (κ1) is 25.7.